The van der Waals surface area contributed by atoms with Gasteiger partial charge in [-0.05, 0) is 31.9 Å². The summed E-state index contributed by atoms with van der Waals surface area (Å²) in [6, 6.07) is 3.65. The first-order valence-corrected chi connectivity index (χ1v) is 6.41. The summed E-state index contributed by atoms with van der Waals surface area (Å²) >= 11 is 0. The molecule has 19 heavy (non-hydrogen) atoms. The number of hydrogen-bond acceptors (Lipinski definition) is 5. The Morgan fingerprint density at radius 3 is 2.42 bits per heavy atom. The molecule has 0 N–H and O–H groups in total. The van der Waals surface area contributed by atoms with Crippen molar-refractivity contribution in [3.8, 4) is 0 Å². The first kappa shape index (κ1) is 13.5. The monoisotopic (exact) mass is 263 g/mol. The largest absolute Gasteiger partial charge is 0.465 e. The van der Waals surface area contributed by atoms with Crippen molar-refractivity contribution in [3.63, 3.8) is 0 Å². The Kier molecular flexibility index (Phi) is 3.83. The summed E-state index contributed by atoms with van der Waals surface area (Å²) in [5.74, 6) is -1.19. The number of rotatable bonds is 5. The van der Waals surface area contributed by atoms with Crippen molar-refractivity contribution in [3.05, 3.63) is 30.1 Å². The molecule has 0 amide bonds. The van der Waals surface area contributed by atoms with Gasteiger partial charge in [0.15, 0.2) is 5.41 Å². The van der Waals surface area contributed by atoms with E-state index in [-0.39, 0.29) is 19.1 Å². The van der Waals surface area contributed by atoms with Crippen LogP contribution in [0.4, 0.5) is 0 Å². The molecule has 5 nitrogen and oxygen atoms in total. The Balaban J connectivity index is 2.24. The van der Waals surface area contributed by atoms with Gasteiger partial charge in [0, 0.05) is 18.3 Å². The quantitative estimate of drug-likeness (QED) is 0.597. The fraction of sp³-hybridized carbons (Fsp3) is 0.500. The predicted molar refractivity (Wildman–Crippen MR) is 67.3 cm³/mol. The zero-order valence-corrected chi connectivity index (χ0v) is 11.1. The summed E-state index contributed by atoms with van der Waals surface area (Å²) in [6.07, 6.45) is 3.75. The van der Waals surface area contributed by atoms with E-state index in [9.17, 15) is 9.59 Å². The van der Waals surface area contributed by atoms with Gasteiger partial charge < -0.3 is 9.47 Å². The SMILES string of the molecule is CCOC(=O)C1(C(=O)OCC)CC1c1cccnc1. The van der Waals surface area contributed by atoms with Crippen LogP contribution in [0, 0.1) is 5.41 Å². The lowest BCUT2D eigenvalue weighted by Gasteiger charge is -2.14. The zero-order valence-electron chi connectivity index (χ0n) is 11.1. The summed E-state index contributed by atoms with van der Waals surface area (Å²) in [7, 11) is 0. The Labute approximate surface area is 111 Å². The Morgan fingerprint density at radius 2 is 1.95 bits per heavy atom. The van der Waals surface area contributed by atoms with Crippen LogP contribution in [0.5, 0.6) is 0 Å². The zero-order chi connectivity index (χ0) is 13.9. The smallest absolute Gasteiger partial charge is 0.324 e. The van der Waals surface area contributed by atoms with Crippen molar-refractivity contribution in [1.29, 1.82) is 0 Å². The average molecular weight is 263 g/mol. The van der Waals surface area contributed by atoms with Gasteiger partial charge in [-0.15, -0.1) is 0 Å². The van der Waals surface area contributed by atoms with Crippen molar-refractivity contribution >= 4 is 11.9 Å². The van der Waals surface area contributed by atoms with Gasteiger partial charge in [0.25, 0.3) is 0 Å². The van der Waals surface area contributed by atoms with Crippen LogP contribution in [-0.2, 0) is 19.1 Å². The van der Waals surface area contributed by atoms with E-state index in [1.165, 1.54) is 0 Å². The van der Waals surface area contributed by atoms with E-state index in [4.69, 9.17) is 9.47 Å². The van der Waals surface area contributed by atoms with Crippen LogP contribution < -0.4 is 0 Å². The summed E-state index contributed by atoms with van der Waals surface area (Å²) in [5.41, 5.74) is -0.307. The maximum absolute atomic E-state index is 12.1. The van der Waals surface area contributed by atoms with Crippen molar-refractivity contribution < 1.29 is 19.1 Å². The molecule has 1 aromatic heterocycles. The number of ether oxygens (including phenoxy) is 2. The van der Waals surface area contributed by atoms with Crippen molar-refractivity contribution in [2.45, 2.75) is 26.2 Å². The molecular weight excluding hydrogens is 246 g/mol. The van der Waals surface area contributed by atoms with Gasteiger partial charge in [-0.25, -0.2) is 0 Å². The molecule has 1 heterocycles. The molecule has 0 aromatic carbocycles. The molecule has 1 atom stereocenters. The molecule has 2 rings (SSSR count). The Bertz CT molecular complexity index is 454. The van der Waals surface area contributed by atoms with Gasteiger partial charge in [-0.3, -0.25) is 14.6 Å². The van der Waals surface area contributed by atoms with Crippen LogP contribution in [-0.4, -0.2) is 30.1 Å². The summed E-state index contributed by atoms with van der Waals surface area (Å²) < 4.78 is 10.1. The van der Waals surface area contributed by atoms with Gasteiger partial charge in [-0.2, -0.15) is 0 Å². The van der Waals surface area contributed by atoms with Crippen LogP contribution in [0.15, 0.2) is 24.5 Å². The number of hydrogen-bond donors (Lipinski definition) is 0. The van der Waals surface area contributed by atoms with E-state index in [1.54, 1.807) is 32.3 Å². The minimum Gasteiger partial charge on any atom is -0.465 e. The second kappa shape index (κ2) is 5.38. The Hall–Kier alpha value is -1.91. The molecule has 0 radical (unpaired) electrons. The standard InChI is InChI=1S/C14H17NO4/c1-3-18-12(16)14(13(17)19-4-2)8-11(14)10-6-5-7-15-9-10/h5-7,9,11H,3-4,8H2,1-2H3. The molecule has 1 aromatic rings. The highest BCUT2D eigenvalue weighted by Crippen LogP contribution is 2.60. The maximum Gasteiger partial charge on any atom is 0.324 e. The van der Waals surface area contributed by atoms with Crippen LogP contribution >= 0.6 is 0 Å². The lowest BCUT2D eigenvalue weighted by atomic mass is 10.0. The third-order valence-corrected chi connectivity index (χ3v) is 3.33. The summed E-state index contributed by atoms with van der Waals surface area (Å²) in [4.78, 5) is 28.2. The minimum atomic E-state index is -1.17. The van der Waals surface area contributed by atoms with Gasteiger partial charge in [-0.1, -0.05) is 6.07 Å². The van der Waals surface area contributed by atoms with Gasteiger partial charge in [0.2, 0.25) is 0 Å². The number of carbonyl (C=O) groups excluding carboxylic acids is 2. The number of aromatic nitrogens is 1. The Morgan fingerprint density at radius 1 is 1.32 bits per heavy atom. The molecule has 0 spiro atoms. The van der Waals surface area contributed by atoms with E-state index in [1.807, 2.05) is 6.07 Å². The van der Waals surface area contributed by atoms with Crippen molar-refractivity contribution in [2.75, 3.05) is 13.2 Å². The van der Waals surface area contributed by atoms with Crippen LogP contribution in [0.1, 0.15) is 31.7 Å². The number of carbonyl (C=O) groups is 2. The van der Waals surface area contributed by atoms with Crippen LogP contribution in [0.25, 0.3) is 0 Å². The molecular formula is C14H17NO4. The first-order valence-electron chi connectivity index (χ1n) is 6.41. The van der Waals surface area contributed by atoms with E-state index in [0.29, 0.717) is 6.42 Å². The first-order chi connectivity index (χ1) is 9.16. The summed E-state index contributed by atoms with van der Waals surface area (Å²) in [6.45, 7) is 3.94. The molecule has 1 saturated carbocycles. The molecule has 1 unspecified atom stereocenters. The van der Waals surface area contributed by atoms with Crippen LogP contribution in [0.2, 0.25) is 0 Å². The topological polar surface area (TPSA) is 65.5 Å². The molecule has 102 valence electrons. The average Bonchev–Trinajstić information content (AvgIpc) is 3.17. The maximum atomic E-state index is 12.1. The lowest BCUT2D eigenvalue weighted by molar-refractivity contribution is -0.164. The fourth-order valence-corrected chi connectivity index (χ4v) is 2.30. The van der Waals surface area contributed by atoms with Crippen molar-refractivity contribution in [2.24, 2.45) is 5.41 Å². The minimum absolute atomic E-state index is 0.195. The second-order valence-corrected chi connectivity index (χ2v) is 4.46. The van der Waals surface area contributed by atoms with E-state index in [0.717, 1.165) is 5.56 Å². The normalized spacial score (nSPS) is 19.6. The number of nitrogens with zero attached hydrogens (tertiary/aromatic N) is 1. The van der Waals surface area contributed by atoms with E-state index < -0.39 is 17.4 Å². The van der Waals surface area contributed by atoms with Crippen LogP contribution in [0.3, 0.4) is 0 Å². The van der Waals surface area contributed by atoms with Gasteiger partial charge in [0.05, 0.1) is 13.2 Å². The highest BCUT2D eigenvalue weighted by molar-refractivity contribution is 6.05. The highest BCUT2D eigenvalue weighted by Gasteiger charge is 2.68. The summed E-state index contributed by atoms with van der Waals surface area (Å²) in [5, 5.41) is 0. The molecule has 1 fully saturated rings. The molecule has 0 saturated heterocycles. The van der Waals surface area contributed by atoms with E-state index >= 15 is 0 Å². The molecule has 0 aliphatic heterocycles. The molecule has 1 aliphatic carbocycles. The number of esters is 2. The molecule has 1 aliphatic rings. The van der Waals surface area contributed by atoms with Crippen molar-refractivity contribution in [1.82, 2.24) is 4.98 Å². The number of pyridine rings is 1. The van der Waals surface area contributed by atoms with E-state index in [2.05, 4.69) is 4.98 Å². The highest BCUT2D eigenvalue weighted by atomic mass is 16.6. The predicted octanol–water partition coefficient (Wildman–Crippen LogP) is 1.68. The fourth-order valence-electron chi connectivity index (χ4n) is 2.30. The second-order valence-electron chi connectivity index (χ2n) is 4.46. The molecule has 5 heteroatoms. The third kappa shape index (κ3) is 2.32. The van der Waals surface area contributed by atoms with Gasteiger partial charge >= 0.3 is 11.9 Å². The molecule has 0 bridgehead atoms. The van der Waals surface area contributed by atoms with Gasteiger partial charge in [0.1, 0.15) is 0 Å². The third-order valence-electron chi connectivity index (χ3n) is 3.33. The lowest BCUT2D eigenvalue weighted by Crippen LogP contribution is -2.31.